The molecule has 144 valence electrons. The fourth-order valence-corrected chi connectivity index (χ4v) is 4.19. The van der Waals surface area contributed by atoms with E-state index in [2.05, 4.69) is 14.7 Å². The first-order chi connectivity index (χ1) is 13.3. The highest BCUT2D eigenvalue weighted by atomic mass is 32.2. The largest absolute Gasteiger partial charge is 0.354 e. The number of sulfonamides is 1. The lowest BCUT2D eigenvalue weighted by atomic mass is 10.0. The van der Waals surface area contributed by atoms with Crippen LogP contribution in [0.3, 0.4) is 0 Å². The molecule has 0 aliphatic heterocycles. The Labute approximate surface area is 162 Å². The van der Waals surface area contributed by atoms with Crippen LogP contribution in [0.15, 0.2) is 60.0 Å². The number of halogens is 1. The van der Waals surface area contributed by atoms with Crippen molar-refractivity contribution in [2.24, 2.45) is 7.05 Å². The van der Waals surface area contributed by atoms with Gasteiger partial charge in [-0.2, -0.15) is 0 Å². The van der Waals surface area contributed by atoms with Crippen LogP contribution in [0, 0.1) is 12.7 Å². The quantitative estimate of drug-likeness (QED) is 0.540. The summed E-state index contributed by atoms with van der Waals surface area (Å²) in [6.07, 6.45) is 2.89. The van der Waals surface area contributed by atoms with E-state index in [1.165, 1.54) is 18.6 Å². The number of nitrogens with one attached hydrogen (secondary N) is 2. The van der Waals surface area contributed by atoms with Crippen LogP contribution in [0.2, 0.25) is 0 Å². The van der Waals surface area contributed by atoms with Gasteiger partial charge in [0.15, 0.2) is 5.03 Å². The number of aryl methyl sites for hydroxylation is 2. The molecule has 0 unspecified atom stereocenters. The zero-order chi connectivity index (χ0) is 19.9. The fraction of sp³-hybridized carbons (Fsp3) is 0.150. The number of imidazole rings is 1. The van der Waals surface area contributed by atoms with Crippen LogP contribution in [0.5, 0.6) is 0 Å². The van der Waals surface area contributed by atoms with E-state index >= 15 is 0 Å². The average Bonchev–Trinajstić information content (AvgIpc) is 3.25. The average molecular weight is 398 g/mol. The van der Waals surface area contributed by atoms with Crippen LogP contribution in [-0.4, -0.2) is 23.0 Å². The van der Waals surface area contributed by atoms with Crippen molar-refractivity contribution < 1.29 is 12.8 Å². The minimum Gasteiger partial charge on any atom is -0.354 e. The maximum atomic E-state index is 14.2. The third-order valence-corrected chi connectivity index (χ3v) is 5.97. The Morgan fingerprint density at radius 1 is 1.21 bits per heavy atom. The number of benzene rings is 2. The molecule has 2 heterocycles. The molecule has 0 atom stereocenters. The van der Waals surface area contributed by atoms with Gasteiger partial charge in [-0.05, 0) is 42.3 Å². The van der Waals surface area contributed by atoms with Gasteiger partial charge in [0.25, 0.3) is 10.0 Å². The molecule has 2 aromatic carbocycles. The summed E-state index contributed by atoms with van der Waals surface area (Å²) in [4.78, 5) is 7.14. The van der Waals surface area contributed by atoms with Crippen LogP contribution in [0.1, 0.15) is 11.1 Å². The molecule has 2 N–H and O–H groups in total. The van der Waals surface area contributed by atoms with Gasteiger partial charge in [-0.15, -0.1) is 0 Å². The third kappa shape index (κ3) is 3.32. The standard InChI is InChI=1S/C20H19FN4O2S/c1-13-16-9-14(10-23-28(26,27)19-11-25(2)12-22-19)7-8-18(16)24-20(13)15-5-3-4-6-17(15)21/h3-9,11-12,23-24H,10H2,1-2H3. The Kier molecular flexibility index (Phi) is 4.52. The number of fused-ring (bicyclic) bond motifs is 1. The normalized spacial score (nSPS) is 12.0. The van der Waals surface area contributed by atoms with E-state index in [4.69, 9.17) is 0 Å². The predicted molar refractivity (Wildman–Crippen MR) is 106 cm³/mol. The molecule has 0 amide bonds. The van der Waals surface area contributed by atoms with E-state index in [1.807, 2.05) is 25.1 Å². The van der Waals surface area contributed by atoms with Gasteiger partial charge in [-0.25, -0.2) is 22.5 Å². The van der Waals surface area contributed by atoms with Gasteiger partial charge in [-0.1, -0.05) is 18.2 Å². The number of hydrogen-bond donors (Lipinski definition) is 2. The summed E-state index contributed by atoms with van der Waals surface area (Å²) in [5.74, 6) is -0.291. The second kappa shape index (κ2) is 6.88. The SMILES string of the molecule is Cc1c(-c2ccccc2F)[nH]c2ccc(CNS(=O)(=O)c3cn(C)cn3)cc12. The van der Waals surface area contributed by atoms with Gasteiger partial charge in [-0.3, -0.25) is 0 Å². The molecule has 4 aromatic rings. The van der Waals surface area contributed by atoms with E-state index in [9.17, 15) is 12.8 Å². The molecule has 0 spiro atoms. The second-order valence-corrected chi connectivity index (χ2v) is 8.40. The summed E-state index contributed by atoms with van der Waals surface area (Å²) in [6, 6.07) is 12.2. The van der Waals surface area contributed by atoms with Crippen molar-refractivity contribution in [1.82, 2.24) is 19.3 Å². The maximum Gasteiger partial charge on any atom is 0.259 e. The molecular weight excluding hydrogens is 379 g/mol. The monoisotopic (exact) mass is 398 g/mol. The Balaban J connectivity index is 1.63. The lowest BCUT2D eigenvalue weighted by Gasteiger charge is -2.05. The van der Waals surface area contributed by atoms with Gasteiger partial charge >= 0.3 is 0 Å². The summed E-state index contributed by atoms with van der Waals surface area (Å²) in [5, 5.41) is 0.906. The van der Waals surface area contributed by atoms with Crippen LogP contribution in [0.25, 0.3) is 22.2 Å². The minimum absolute atomic E-state index is 0.0178. The van der Waals surface area contributed by atoms with Gasteiger partial charge in [0, 0.05) is 36.3 Å². The Hall–Kier alpha value is -2.97. The van der Waals surface area contributed by atoms with Gasteiger partial charge in [0.2, 0.25) is 0 Å². The smallest absolute Gasteiger partial charge is 0.259 e. The second-order valence-electron chi connectivity index (χ2n) is 6.69. The Morgan fingerprint density at radius 2 is 2.00 bits per heavy atom. The van der Waals surface area contributed by atoms with Crippen molar-refractivity contribution in [3.05, 3.63) is 71.9 Å². The van der Waals surface area contributed by atoms with Gasteiger partial charge in [0.1, 0.15) is 5.82 Å². The van der Waals surface area contributed by atoms with E-state index in [-0.39, 0.29) is 17.4 Å². The first-order valence-electron chi connectivity index (χ1n) is 8.69. The molecule has 0 bridgehead atoms. The fourth-order valence-electron chi connectivity index (χ4n) is 3.20. The van der Waals surface area contributed by atoms with Crippen molar-refractivity contribution >= 4 is 20.9 Å². The van der Waals surface area contributed by atoms with Gasteiger partial charge in [0.05, 0.1) is 12.0 Å². The number of H-pyrrole nitrogens is 1. The highest BCUT2D eigenvalue weighted by Crippen LogP contribution is 2.31. The number of nitrogens with zero attached hydrogens (tertiary/aromatic N) is 2. The molecule has 0 aliphatic rings. The topological polar surface area (TPSA) is 79.8 Å². The highest BCUT2D eigenvalue weighted by molar-refractivity contribution is 7.89. The van der Waals surface area contributed by atoms with E-state index in [0.717, 1.165) is 27.7 Å². The van der Waals surface area contributed by atoms with Crippen LogP contribution in [-0.2, 0) is 23.6 Å². The Morgan fingerprint density at radius 3 is 2.71 bits per heavy atom. The maximum absolute atomic E-state index is 14.2. The van der Waals surface area contributed by atoms with Crippen molar-refractivity contribution in [3.8, 4) is 11.3 Å². The minimum atomic E-state index is -3.68. The lowest BCUT2D eigenvalue weighted by Crippen LogP contribution is -2.23. The zero-order valence-corrected chi connectivity index (χ0v) is 16.2. The van der Waals surface area contributed by atoms with Crippen molar-refractivity contribution in [3.63, 3.8) is 0 Å². The van der Waals surface area contributed by atoms with Crippen LogP contribution >= 0.6 is 0 Å². The predicted octanol–water partition coefficient (Wildman–Crippen LogP) is 3.49. The molecule has 0 radical (unpaired) electrons. The molecular formula is C20H19FN4O2S. The summed E-state index contributed by atoms with van der Waals surface area (Å²) < 4.78 is 43.0. The van der Waals surface area contributed by atoms with E-state index in [0.29, 0.717) is 5.56 Å². The summed E-state index contributed by atoms with van der Waals surface area (Å²) in [6.45, 7) is 2.05. The zero-order valence-electron chi connectivity index (χ0n) is 15.4. The van der Waals surface area contributed by atoms with Crippen LogP contribution in [0.4, 0.5) is 4.39 Å². The molecule has 28 heavy (non-hydrogen) atoms. The van der Waals surface area contributed by atoms with Crippen molar-refractivity contribution in [2.45, 2.75) is 18.5 Å². The summed E-state index contributed by atoms with van der Waals surface area (Å²) in [5.41, 5.74) is 3.81. The third-order valence-electron chi connectivity index (χ3n) is 4.69. The van der Waals surface area contributed by atoms with Crippen molar-refractivity contribution in [2.75, 3.05) is 0 Å². The molecule has 0 aliphatic carbocycles. The van der Waals surface area contributed by atoms with Gasteiger partial charge < -0.3 is 9.55 Å². The number of aromatic amines is 1. The molecule has 2 aromatic heterocycles. The first-order valence-corrected chi connectivity index (χ1v) is 10.2. The molecule has 4 rings (SSSR count). The Bertz CT molecular complexity index is 1270. The number of rotatable bonds is 5. The molecule has 6 nitrogen and oxygen atoms in total. The summed E-state index contributed by atoms with van der Waals surface area (Å²) >= 11 is 0. The number of hydrogen-bond acceptors (Lipinski definition) is 3. The molecule has 0 saturated carbocycles. The molecule has 0 saturated heterocycles. The lowest BCUT2D eigenvalue weighted by molar-refractivity contribution is 0.578. The van der Waals surface area contributed by atoms with E-state index < -0.39 is 10.0 Å². The van der Waals surface area contributed by atoms with Crippen LogP contribution < -0.4 is 4.72 Å². The highest BCUT2D eigenvalue weighted by Gasteiger charge is 2.17. The molecule has 8 heteroatoms. The van der Waals surface area contributed by atoms with E-state index in [1.54, 1.807) is 29.8 Å². The molecule has 0 fully saturated rings. The number of aromatic nitrogens is 3. The summed E-state index contributed by atoms with van der Waals surface area (Å²) in [7, 11) is -1.97. The van der Waals surface area contributed by atoms with Crippen molar-refractivity contribution in [1.29, 1.82) is 0 Å². The first kappa shape index (κ1) is 18.4.